The molecule has 0 aromatic heterocycles. The van der Waals surface area contributed by atoms with Gasteiger partial charge in [0.05, 0.1) is 5.92 Å². The maximum atomic E-state index is 11.7. The number of benzene rings is 1. The van der Waals surface area contributed by atoms with E-state index in [0.717, 1.165) is 11.1 Å². The van der Waals surface area contributed by atoms with E-state index in [1.807, 2.05) is 26.0 Å². The highest BCUT2D eigenvalue weighted by atomic mass is 16.4. The van der Waals surface area contributed by atoms with E-state index in [0.29, 0.717) is 13.1 Å². The summed E-state index contributed by atoms with van der Waals surface area (Å²) >= 11 is 0. The third kappa shape index (κ3) is 2.53. The minimum Gasteiger partial charge on any atom is -0.481 e. The first kappa shape index (κ1) is 12.6. The lowest BCUT2D eigenvalue weighted by molar-refractivity contribution is -0.141. The zero-order valence-electron chi connectivity index (χ0n) is 10.6. The fourth-order valence-corrected chi connectivity index (χ4v) is 2.32. The van der Waals surface area contributed by atoms with E-state index < -0.39 is 11.9 Å². The van der Waals surface area contributed by atoms with Gasteiger partial charge in [-0.25, -0.2) is 0 Å². The van der Waals surface area contributed by atoms with E-state index in [1.54, 1.807) is 4.90 Å². The number of hydrogen-bond acceptors (Lipinski definition) is 2. The summed E-state index contributed by atoms with van der Waals surface area (Å²) in [4.78, 5) is 24.2. The van der Waals surface area contributed by atoms with Crippen molar-refractivity contribution in [2.45, 2.75) is 26.8 Å². The monoisotopic (exact) mass is 247 g/mol. The quantitative estimate of drug-likeness (QED) is 0.885. The number of hydrogen-bond donors (Lipinski definition) is 1. The Bertz CT molecular complexity index is 496. The number of carboxylic acid groups (broad SMARTS) is 1. The molecular weight excluding hydrogens is 230 g/mol. The zero-order valence-corrected chi connectivity index (χ0v) is 10.6. The van der Waals surface area contributed by atoms with Gasteiger partial charge in [0.2, 0.25) is 5.91 Å². The fraction of sp³-hybridized carbons (Fsp3) is 0.429. The Morgan fingerprint density at radius 2 is 2.17 bits per heavy atom. The largest absolute Gasteiger partial charge is 0.481 e. The number of likely N-dealkylation sites (tertiary alicyclic amines) is 1. The summed E-state index contributed by atoms with van der Waals surface area (Å²) in [7, 11) is 0. The van der Waals surface area contributed by atoms with Crippen LogP contribution in [0.5, 0.6) is 0 Å². The Balaban J connectivity index is 2.10. The molecule has 1 unspecified atom stereocenters. The molecule has 0 spiro atoms. The van der Waals surface area contributed by atoms with Crippen LogP contribution in [0.3, 0.4) is 0 Å². The van der Waals surface area contributed by atoms with E-state index in [4.69, 9.17) is 5.11 Å². The summed E-state index contributed by atoms with van der Waals surface area (Å²) < 4.78 is 0. The number of carbonyl (C=O) groups excluding carboxylic acids is 1. The van der Waals surface area contributed by atoms with Crippen LogP contribution in [-0.4, -0.2) is 28.4 Å². The van der Waals surface area contributed by atoms with Crippen LogP contribution in [-0.2, 0) is 16.1 Å². The van der Waals surface area contributed by atoms with Gasteiger partial charge >= 0.3 is 5.97 Å². The lowest BCUT2D eigenvalue weighted by Crippen LogP contribution is -2.26. The molecule has 1 N–H and O–H groups in total. The number of carboxylic acids is 1. The highest BCUT2D eigenvalue weighted by Crippen LogP contribution is 2.21. The van der Waals surface area contributed by atoms with E-state index >= 15 is 0 Å². The van der Waals surface area contributed by atoms with Crippen molar-refractivity contribution in [2.75, 3.05) is 6.54 Å². The third-order valence-corrected chi connectivity index (χ3v) is 3.42. The lowest BCUT2D eigenvalue weighted by Gasteiger charge is -2.17. The van der Waals surface area contributed by atoms with Crippen molar-refractivity contribution in [1.29, 1.82) is 0 Å². The maximum absolute atomic E-state index is 11.7. The van der Waals surface area contributed by atoms with Gasteiger partial charge in [-0.2, -0.15) is 0 Å². The molecule has 0 radical (unpaired) electrons. The van der Waals surface area contributed by atoms with Crippen LogP contribution in [0.15, 0.2) is 18.2 Å². The number of aliphatic carboxylic acids is 1. The standard InChI is InChI=1S/C14H17NO3/c1-9-3-4-11(10(2)5-9)7-15-8-12(14(17)18)6-13(15)16/h3-5,12H,6-8H2,1-2H3,(H,17,18). The molecule has 1 aliphatic heterocycles. The molecule has 4 heteroatoms. The molecule has 96 valence electrons. The van der Waals surface area contributed by atoms with Gasteiger partial charge in [-0.3, -0.25) is 9.59 Å². The van der Waals surface area contributed by atoms with Crippen molar-refractivity contribution in [3.05, 3.63) is 34.9 Å². The van der Waals surface area contributed by atoms with E-state index in [2.05, 4.69) is 6.07 Å². The number of rotatable bonds is 3. The molecule has 1 saturated heterocycles. The average molecular weight is 247 g/mol. The summed E-state index contributed by atoms with van der Waals surface area (Å²) in [5.41, 5.74) is 3.41. The minimum absolute atomic E-state index is 0.0672. The topological polar surface area (TPSA) is 57.6 Å². The highest BCUT2D eigenvalue weighted by molar-refractivity contribution is 5.86. The number of amides is 1. The molecule has 0 saturated carbocycles. The molecule has 1 atom stereocenters. The summed E-state index contributed by atoms with van der Waals surface area (Å²) in [6.07, 6.45) is 0.125. The molecule has 0 aliphatic carbocycles. The van der Waals surface area contributed by atoms with Gasteiger partial charge in [0.1, 0.15) is 0 Å². The Hall–Kier alpha value is -1.84. The first-order chi connectivity index (χ1) is 8.47. The maximum Gasteiger partial charge on any atom is 0.308 e. The van der Waals surface area contributed by atoms with E-state index in [-0.39, 0.29) is 12.3 Å². The SMILES string of the molecule is Cc1ccc(CN2CC(C(=O)O)CC2=O)c(C)c1. The van der Waals surface area contributed by atoms with Crippen molar-refractivity contribution >= 4 is 11.9 Å². The molecule has 1 amide bonds. The van der Waals surface area contributed by atoms with Crippen LogP contribution in [0.25, 0.3) is 0 Å². The highest BCUT2D eigenvalue weighted by Gasteiger charge is 2.34. The lowest BCUT2D eigenvalue weighted by atomic mass is 10.1. The van der Waals surface area contributed by atoms with Gasteiger partial charge in [0.25, 0.3) is 0 Å². The molecule has 18 heavy (non-hydrogen) atoms. The average Bonchev–Trinajstić information content (AvgIpc) is 2.64. The van der Waals surface area contributed by atoms with Crippen LogP contribution >= 0.6 is 0 Å². The molecular formula is C14H17NO3. The predicted octanol–water partition coefficient (Wildman–Crippen LogP) is 1.74. The van der Waals surface area contributed by atoms with Crippen LogP contribution in [0, 0.1) is 19.8 Å². The Kier molecular flexibility index (Phi) is 3.36. The summed E-state index contributed by atoms with van der Waals surface area (Å²) in [5, 5.41) is 8.93. The van der Waals surface area contributed by atoms with Gasteiger partial charge in [-0.1, -0.05) is 23.8 Å². The molecule has 1 heterocycles. The molecule has 1 aliphatic rings. The predicted molar refractivity (Wildman–Crippen MR) is 67.1 cm³/mol. The molecule has 2 rings (SSSR count). The first-order valence-electron chi connectivity index (χ1n) is 6.04. The van der Waals surface area contributed by atoms with Crippen molar-refractivity contribution in [3.8, 4) is 0 Å². The van der Waals surface area contributed by atoms with Gasteiger partial charge in [-0.15, -0.1) is 0 Å². The van der Waals surface area contributed by atoms with Crippen molar-refractivity contribution < 1.29 is 14.7 Å². The summed E-state index contributed by atoms with van der Waals surface area (Å²) in [6.45, 7) is 4.87. The Morgan fingerprint density at radius 3 is 2.72 bits per heavy atom. The zero-order chi connectivity index (χ0) is 13.3. The van der Waals surface area contributed by atoms with Gasteiger partial charge < -0.3 is 10.0 Å². The van der Waals surface area contributed by atoms with Gasteiger partial charge in [-0.05, 0) is 25.0 Å². The second-order valence-corrected chi connectivity index (χ2v) is 4.94. The van der Waals surface area contributed by atoms with Crippen LogP contribution in [0.4, 0.5) is 0 Å². The molecule has 1 fully saturated rings. The van der Waals surface area contributed by atoms with Gasteiger partial charge in [0.15, 0.2) is 0 Å². The van der Waals surface area contributed by atoms with Crippen molar-refractivity contribution in [2.24, 2.45) is 5.92 Å². The first-order valence-corrected chi connectivity index (χ1v) is 6.04. The van der Waals surface area contributed by atoms with Crippen molar-refractivity contribution in [3.63, 3.8) is 0 Å². The molecule has 1 aromatic rings. The summed E-state index contributed by atoms with van der Waals surface area (Å²) in [6, 6.07) is 6.09. The van der Waals surface area contributed by atoms with E-state index in [1.165, 1.54) is 5.56 Å². The molecule has 1 aromatic carbocycles. The fourth-order valence-electron chi connectivity index (χ4n) is 2.32. The Labute approximate surface area is 106 Å². The third-order valence-electron chi connectivity index (χ3n) is 3.42. The number of aryl methyl sites for hydroxylation is 2. The van der Waals surface area contributed by atoms with Crippen LogP contribution < -0.4 is 0 Å². The Morgan fingerprint density at radius 1 is 1.44 bits per heavy atom. The molecule has 0 bridgehead atoms. The van der Waals surface area contributed by atoms with E-state index in [9.17, 15) is 9.59 Å². The second kappa shape index (κ2) is 4.80. The number of nitrogens with zero attached hydrogens (tertiary/aromatic N) is 1. The normalized spacial score (nSPS) is 19.3. The van der Waals surface area contributed by atoms with Crippen LogP contribution in [0.1, 0.15) is 23.1 Å². The summed E-state index contributed by atoms with van der Waals surface area (Å²) in [5.74, 6) is -1.50. The smallest absolute Gasteiger partial charge is 0.308 e. The van der Waals surface area contributed by atoms with Crippen LogP contribution in [0.2, 0.25) is 0 Å². The van der Waals surface area contributed by atoms with Gasteiger partial charge in [0, 0.05) is 19.5 Å². The number of carbonyl (C=O) groups is 2. The molecule has 4 nitrogen and oxygen atoms in total. The minimum atomic E-state index is -0.883. The second-order valence-electron chi connectivity index (χ2n) is 4.94. The van der Waals surface area contributed by atoms with Crippen molar-refractivity contribution in [1.82, 2.24) is 4.90 Å².